The molecule has 0 bridgehead atoms. The summed E-state index contributed by atoms with van der Waals surface area (Å²) in [5, 5.41) is 3.41. The first-order valence-corrected chi connectivity index (χ1v) is 8.55. The number of amides is 1. The van der Waals surface area contributed by atoms with E-state index in [1.807, 2.05) is 0 Å². The number of carbonyl (C=O) groups excluding carboxylic acids is 2. The summed E-state index contributed by atoms with van der Waals surface area (Å²) in [7, 11) is 0. The van der Waals surface area contributed by atoms with Crippen molar-refractivity contribution in [3.8, 4) is 5.19 Å². The molecule has 7 heteroatoms. The Morgan fingerprint density at radius 2 is 2.41 bits per heavy atom. The van der Waals surface area contributed by atoms with Crippen molar-refractivity contribution in [3.63, 3.8) is 0 Å². The van der Waals surface area contributed by atoms with Gasteiger partial charge in [0.15, 0.2) is 0 Å². The molecule has 0 radical (unpaired) electrons. The van der Waals surface area contributed by atoms with Crippen LogP contribution in [0.3, 0.4) is 0 Å². The Morgan fingerprint density at radius 1 is 1.55 bits per heavy atom. The molecule has 4 unspecified atom stereocenters. The van der Waals surface area contributed by atoms with Crippen LogP contribution < -0.4 is 10.1 Å². The van der Waals surface area contributed by atoms with Crippen molar-refractivity contribution in [2.45, 2.75) is 25.4 Å². The van der Waals surface area contributed by atoms with E-state index in [1.165, 1.54) is 11.3 Å². The standard InChI is InChI=1S/C15H18N2O4S/c18-11-2-1-9-10(13(9)11)3-4-16-14(19)12-5-17-15(22-12)21-7-8-6-20-8/h5,8-10,13H,1-4,6-7H2,(H,16,19). The topological polar surface area (TPSA) is 80.8 Å². The molecule has 2 saturated carbocycles. The van der Waals surface area contributed by atoms with Crippen molar-refractivity contribution in [2.24, 2.45) is 17.8 Å². The van der Waals surface area contributed by atoms with Crippen LogP contribution in [0.2, 0.25) is 0 Å². The molecule has 4 atom stereocenters. The van der Waals surface area contributed by atoms with Gasteiger partial charge in [0.1, 0.15) is 23.4 Å². The summed E-state index contributed by atoms with van der Waals surface area (Å²) in [6.45, 7) is 1.85. The highest BCUT2D eigenvalue weighted by Gasteiger charge is 2.56. The Balaban J connectivity index is 1.20. The van der Waals surface area contributed by atoms with Gasteiger partial charge in [-0.1, -0.05) is 11.3 Å². The summed E-state index contributed by atoms with van der Waals surface area (Å²) >= 11 is 1.25. The highest BCUT2D eigenvalue weighted by atomic mass is 32.1. The maximum atomic E-state index is 12.0. The van der Waals surface area contributed by atoms with Crippen LogP contribution in [0.25, 0.3) is 0 Å². The van der Waals surface area contributed by atoms with Crippen molar-refractivity contribution in [1.29, 1.82) is 0 Å². The predicted octanol–water partition coefficient (Wildman–Crippen LogP) is 1.27. The molecule has 1 aromatic heterocycles. The molecule has 3 fully saturated rings. The molecule has 3 aliphatic rings. The first kappa shape index (κ1) is 14.1. The van der Waals surface area contributed by atoms with Gasteiger partial charge in [0.2, 0.25) is 0 Å². The summed E-state index contributed by atoms with van der Waals surface area (Å²) in [6.07, 6.45) is 4.42. The number of aromatic nitrogens is 1. The monoisotopic (exact) mass is 322 g/mol. The van der Waals surface area contributed by atoms with Crippen molar-refractivity contribution >= 4 is 23.0 Å². The van der Waals surface area contributed by atoms with Gasteiger partial charge in [-0.05, 0) is 24.7 Å². The Labute approximate surface area is 132 Å². The van der Waals surface area contributed by atoms with Crippen LogP contribution in [0.5, 0.6) is 5.19 Å². The van der Waals surface area contributed by atoms with Crippen molar-refractivity contribution < 1.29 is 19.1 Å². The van der Waals surface area contributed by atoms with E-state index in [2.05, 4.69) is 10.3 Å². The van der Waals surface area contributed by atoms with Gasteiger partial charge in [0.05, 0.1) is 12.8 Å². The molecule has 6 nitrogen and oxygen atoms in total. The molecular formula is C15H18N2O4S. The molecule has 1 aliphatic heterocycles. The molecule has 118 valence electrons. The maximum absolute atomic E-state index is 12.0. The van der Waals surface area contributed by atoms with Crippen LogP contribution in [0.1, 0.15) is 28.9 Å². The van der Waals surface area contributed by atoms with Gasteiger partial charge < -0.3 is 14.8 Å². The molecule has 4 rings (SSSR count). The van der Waals surface area contributed by atoms with Crippen molar-refractivity contribution in [3.05, 3.63) is 11.1 Å². The van der Waals surface area contributed by atoms with E-state index in [9.17, 15) is 9.59 Å². The van der Waals surface area contributed by atoms with Crippen LogP contribution in [0, 0.1) is 17.8 Å². The molecule has 0 spiro atoms. The highest BCUT2D eigenvalue weighted by Crippen LogP contribution is 2.56. The fraction of sp³-hybridized carbons (Fsp3) is 0.667. The Bertz CT molecular complexity index is 598. The molecule has 22 heavy (non-hydrogen) atoms. The Hall–Kier alpha value is -1.47. The molecule has 1 amide bonds. The average molecular weight is 322 g/mol. The fourth-order valence-corrected chi connectivity index (χ4v) is 4.07. The average Bonchev–Trinajstić information content (AvgIpc) is 3.37. The number of epoxide rings is 1. The van der Waals surface area contributed by atoms with E-state index in [0.717, 1.165) is 25.9 Å². The van der Waals surface area contributed by atoms with Gasteiger partial charge in [-0.15, -0.1) is 0 Å². The van der Waals surface area contributed by atoms with Crippen LogP contribution >= 0.6 is 11.3 Å². The molecular weight excluding hydrogens is 304 g/mol. The third-order valence-corrected chi connectivity index (χ3v) is 5.60. The van der Waals surface area contributed by atoms with E-state index in [-0.39, 0.29) is 12.0 Å². The van der Waals surface area contributed by atoms with Gasteiger partial charge >= 0.3 is 0 Å². The maximum Gasteiger partial charge on any atom is 0.273 e. The molecule has 1 saturated heterocycles. The van der Waals surface area contributed by atoms with E-state index < -0.39 is 0 Å². The number of hydrogen-bond donors (Lipinski definition) is 1. The van der Waals surface area contributed by atoms with Crippen LogP contribution in [0.4, 0.5) is 0 Å². The lowest BCUT2D eigenvalue weighted by atomic mass is 10.1. The predicted molar refractivity (Wildman–Crippen MR) is 79.0 cm³/mol. The van der Waals surface area contributed by atoms with Crippen molar-refractivity contribution in [1.82, 2.24) is 10.3 Å². The number of fused-ring (bicyclic) bond motifs is 1. The minimum absolute atomic E-state index is 0.118. The minimum atomic E-state index is -0.118. The zero-order valence-electron chi connectivity index (χ0n) is 12.1. The molecule has 1 N–H and O–H groups in total. The van der Waals surface area contributed by atoms with E-state index in [1.54, 1.807) is 6.20 Å². The largest absolute Gasteiger partial charge is 0.467 e. The second-order valence-corrected chi connectivity index (χ2v) is 7.15. The summed E-state index contributed by atoms with van der Waals surface area (Å²) in [6, 6.07) is 0. The van der Waals surface area contributed by atoms with Gasteiger partial charge in [0.25, 0.3) is 11.1 Å². The lowest BCUT2D eigenvalue weighted by Gasteiger charge is -2.04. The van der Waals surface area contributed by atoms with Crippen LogP contribution in [0.15, 0.2) is 6.20 Å². The summed E-state index contributed by atoms with van der Waals surface area (Å²) < 4.78 is 10.5. The second-order valence-electron chi connectivity index (χ2n) is 6.16. The molecule has 2 heterocycles. The number of rotatable bonds is 7. The lowest BCUT2D eigenvalue weighted by Crippen LogP contribution is -2.24. The SMILES string of the molecule is O=C(NCCC1C2CCC(=O)C12)c1cnc(OCC2CO2)s1. The fourth-order valence-electron chi connectivity index (χ4n) is 3.38. The number of hydrogen-bond acceptors (Lipinski definition) is 6. The third kappa shape index (κ3) is 2.87. The number of nitrogens with zero attached hydrogens (tertiary/aromatic N) is 1. The van der Waals surface area contributed by atoms with E-state index in [0.29, 0.717) is 46.8 Å². The first-order chi connectivity index (χ1) is 10.7. The second kappa shape index (κ2) is 5.62. The van der Waals surface area contributed by atoms with Gasteiger partial charge in [-0.25, -0.2) is 4.98 Å². The smallest absolute Gasteiger partial charge is 0.273 e. The third-order valence-electron chi connectivity index (χ3n) is 4.69. The zero-order valence-corrected chi connectivity index (χ0v) is 12.9. The molecule has 1 aromatic rings. The highest BCUT2D eigenvalue weighted by molar-refractivity contribution is 7.15. The first-order valence-electron chi connectivity index (χ1n) is 7.73. The summed E-state index contributed by atoms with van der Waals surface area (Å²) in [4.78, 5) is 28.2. The number of carbonyl (C=O) groups is 2. The number of thiazole rings is 1. The van der Waals surface area contributed by atoms with Gasteiger partial charge in [0, 0.05) is 18.9 Å². The number of nitrogens with one attached hydrogen (secondary N) is 1. The molecule has 0 aromatic carbocycles. The van der Waals surface area contributed by atoms with Crippen LogP contribution in [-0.2, 0) is 9.53 Å². The quantitative estimate of drug-likeness (QED) is 0.765. The Kier molecular flexibility index (Phi) is 3.62. The van der Waals surface area contributed by atoms with Gasteiger partial charge in [-0.2, -0.15) is 0 Å². The summed E-state index contributed by atoms with van der Waals surface area (Å²) in [5.41, 5.74) is 0. The van der Waals surface area contributed by atoms with Crippen LogP contribution in [-0.4, -0.2) is 42.5 Å². The number of ether oxygens (including phenoxy) is 2. The zero-order chi connectivity index (χ0) is 15.1. The number of ketones is 1. The normalized spacial score (nSPS) is 31.7. The lowest BCUT2D eigenvalue weighted by molar-refractivity contribution is -0.119. The van der Waals surface area contributed by atoms with Gasteiger partial charge in [-0.3, -0.25) is 9.59 Å². The van der Waals surface area contributed by atoms with Crippen molar-refractivity contribution in [2.75, 3.05) is 19.8 Å². The summed E-state index contributed by atoms with van der Waals surface area (Å²) in [5.74, 6) is 1.69. The molecule has 2 aliphatic carbocycles. The number of Topliss-reactive ketones (excluding diaryl/α,β-unsaturated/α-hetero) is 1. The minimum Gasteiger partial charge on any atom is -0.467 e. The van der Waals surface area contributed by atoms with E-state index in [4.69, 9.17) is 9.47 Å². The van der Waals surface area contributed by atoms with E-state index >= 15 is 0 Å². The Morgan fingerprint density at radius 3 is 3.14 bits per heavy atom.